The fourth-order valence-corrected chi connectivity index (χ4v) is 3.34. The predicted octanol–water partition coefficient (Wildman–Crippen LogP) is 2.56. The Balaban J connectivity index is 1.58. The summed E-state index contributed by atoms with van der Waals surface area (Å²) in [4.78, 5) is 33.2. The largest absolute Gasteiger partial charge is 0.354 e. The third-order valence-electron chi connectivity index (χ3n) is 4.65. The van der Waals surface area contributed by atoms with Gasteiger partial charge in [0.05, 0.1) is 4.92 Å². The van der Waals surface area contributed by atoms with Crippen LogP contribution in [0.15, 0.2) is 30.6 Å². The molecule has 2 aromatic rings. The Kier molecular flexibility index (Phi) is 6.01. The molecule has 0 radical (unpaired) electrons. The Morgan fingerprint density at radius 2 is 2.07 bits per heavy atom. The average Bonchev–Trinajstić information content (AvgIpc) is 2.72. The molecular weight excluding hydrogens is 384 g/mol. The number of rotatable bonds is 5. The molecule has 9 nitrogen and oxygen atoms in total. The van der Waals surface area contributed by atoms with Crippen molar-refractivity contribution in [3.63, 3.8) is 0 Å². The van der Waals surface area contributed by atoms with Gasteiger partial charge in [0.2, 0.25) is 0 Å². The van der Waals surface area contributed by atoms with E-state index >= 15 is 0 Å². The Hall–Kier alpha value is -3.25. The molecule has 0 saturated carbocycles. The number of halogens is 1. The first kappa shape index (κ1) is 19.5. The lowest BCUT2D eigenvalue weighted by molar-refractivity contribution is -0.385. The second-order valence-electron chi connectivity index (χ2n) is 6.40. The van der Waals surface area contributed by atoms with E-state index in [0.29, 0.717) is 31.1 Å². The summed E-state index contributed by atoms with van der Waals surface area (Å²) < 4.78 is 0. The second-order valence-corrected chi connectivity index (χ2v) is 6.84. The van der Waals surface area contributed by atoms with E-state index in [9.17, 15) is 14.9 Å². The number of nitrogens with one attached hydrogen (secondary N) is 1. The van der Waals surface area contributed by atoms with Crippen LogP contribution >= 0.6 is 11.6 Å². The van der Waals surface area contributed by atoms with Crippen LogP contribution in [0.1, 0.15) is 28.9 Å². The summed E-state index contributed by atoms with van der Waals surface area (Å²) in [6.45, 7) is 1.78. The molecular formula is C18H17ClN6O3. The van der Waals surface area contributed by atoms with Gasteiger partial charge in [-0.1, -0.05) is 11.6 Å². The number of benzene rings is 1. The topological polar surface area (TPSA) is 125 Å². The van der Waals surface area contributed by atoms with Gasteiger partial charge in [-0.05, 0) is 30.9 Å². The first-order valence-electron chi connectivity index (χ1n) is 8.67. The van der Waals surface area contributed by atoms with Crippen molar-refractivity contribution in [1.82, 2.24) is 15.3 Å². The van der Waals surface area contributed by atoms with Crippen LogP contribution < -0.4 is 10.2 Å². The maximum absolute atomic E-state index is 12.4. The SMILES string of the molecule is N#Cc1nccnc1N1CCC(CNC(=O)c2cc(Cl)ccc2[N+](=O)[O-])CC1. The minimum Gasteiger partial charge on any atom is -0.354 e. The number of nitriles is 1. The molecule has 0 aliphatic carbocycles. The minimum absolute atomic E-state index is 0.0480. The molecule has 0 atom stereocenters. The molecule has 1 N–H and O–H groups in total. The van der Waals surface area contributed by atoms with Gasteiger partial charge in [0, 0.05) is 43.1 Å². The van der Waals surface area contributed by atoms with Crippen molar-refractivity contribution in [3.8, 4) is 6.07 Å². The van der Waals surface area contributed by atoms with Crippen LogP contribution in [-0.2, 0) is 0 Å². The van der Waals surface area contributed by atoms with E-state index in [1.165, 1.54) is 24.4 Å². The number of hydrogen-bond acceptors (Lipinski definition) is 7. The third-order valence-corrected chi connectivity index (χ3v) is 4.89. The summed E-state index contributed by atoms with van der Waals surface area (Å²) in [6.07, 6.45) is 4.62. The van der Waals surface area contributed by atoms with E-state index in [1.54, 1.807) is 6.20 Å². The number of nitro benzene ring substituents is 1. The Labute approximate surface area is 166 Å². The zero-order chi connectivity index (χ0) is 20.1. The fourth-order valence-electron chi connectivity index (χ4n) is 3.17. The van der Waals surface area contributed by atoms with Gasteiger partial charge in [-0.15, -0.1) is 0 Å². The van der Waals surface area contributed by atoms with E-state index in [4.69, 9.17) is 16.9 Å². The Morgan fingerprint density at radius 1 is 1.36 bits per heavy atom. The molecule has 1 aliphatic rings. The van der Waals surface area contributed by atoms with Gasteiger partial charge in [0.15, 0.2) is 11.5 Å². The molecule has 1 saturated heterocycles. The lowest BCUT2D eigenvalue weighted by Gasteiger charge is -2.32. The van der Waals surface area contributed by atoms with Gasteiger partial charge in [0.25, 0.3) is 11.6 Å². The molecule has 144 valence electrons. The van der Waals surface area contributed by atoms with E-state index in [1.807, 2.05) is 11.0 Å². The minimum atomic E-state index is -0.600. The van der Waals surface area contributed by atoms with Crippen LogP contribution in [0.3, 0.4) is 0 Å². The van der Waals surface area contributed by atoms with E-state index < -0.39 is 10.8 Å². The number of nitro groups is 1. The highest BCUT2D eigenvalue weighted by atomic mass is 35.5. The van der Waals surface area contributed by atoms with E-state index in [2.05, 4.69) is 15.3 Å². The summed E-state index contributed by atoms with van der Waals surface area (Å²) in [6, 6.07) is 5.95. The van der Waals surface area contributed by atoms with Crippen molar-refractivity contribution in [2.75, 3.05) is 24.5 Å². The zero-order valence-electron chi connectivity index (χ0n) is 14.8. The predicted molar refractivity (Wildman–Crippen MR) is 102 cm³/mol. The van der Waals surface area contributed by atoms with Gasteiger partial charge in [-0.2, -0.15) is 5.26 Å². The van der Waals surface area contributed by atoms with Crippen molar-refractivity contribution >= 4 is 29.0 Å². The molecule has 1 aliphatic heterocycles. The standard InChI is InChI=1S/C18H17ClN6O3/c19-13-1-2-16(25(27)28)14(9-13)18(26)23-11-12-3-7-24(8-4-12)17-15(10-20)21-5-6-22-17/h1-2,5-6,9,12H,3-4,7-8,11H2,(H,23,26). The molecule has 0 spiro atoms. The monoisotopic (exact) mass is 400 g/mol. The normalized spacial score (nSPS) is 14.4. The molecule has 2 heterocycles. The highest BCUT2D eigenvalue weighted by Gasteiger charge is 2.25. The molecule has 1 fully saturated rings. The number of hydrogen-bond donors (Lipinski definition) is 1. The molecule has 0 bridgehead atoms. The molecule has 0 unspecified atom stereocenters. The molecule has 1 aromatic carbocycles. The molecule has 28 heavy (non-hydrogen) atoms. The first-order valence-corrected chi connectivity index (χ1v) is 9.05. The van der Waals surface area contributed by atoms with Crippen molar-refractivity contribution in [2.24, 2.45) is 5.92 Å². The van der Waals surface area contributed by atoms with Gasteiger partial charge < -0.3 is 10.2 Å². The van der Waals surface area contributed by atoms with E-state index in [-0.39, 0.29) is 22.2 Å². The quantitative estimate of drug-likeness (QED) is 0.603. The maximum atomic E-state index is 12.4. The molecule has 1 aromatic heterocycles. The van der Waals surface area contributed by atoms with Crippen molar-refractivity contribution in [3.05, 3.63) is 57.0 Å². The number of aromatic nitrogens is 2. The average molecular weight is 401 g/mol. The maximum Gasteiger partial charge on any atom is 0.282 e. The summed E-state index contributed by atoms with van der Waals surface area (Å²) in [5.41, 5.74) is -0.0286. The van der Waals surface area contributed by atoms with Crippen LogP contribution in [0.5, 0.6) is 0 Å². The summed E-state index contributed by atoms with van der Waals surface area (Å²) in [7, 11) is 0. The Bertz CT molecular complexity index is 937. The van der Waals surface area contributed by atoms with Gasteiger partial charge in [0.1, 0.15) is 11.6 Å². The molecule has 10 heteroatoms. The smallest absolute Gasteiger partial charge is 0.282 e. The van der Waals surface area contributed by atoms with Crippen molar-refractivity contribution < 1.29 is 9.72 Å². The van der Waals surface area contributed by atoms with Crippen LogP contribution in [-0.4, -0.2) is 40.4 Å². The lowest BCUT2D eigenvalue weighted by Crippen LogP contribution is -2.39. The third kappa shape index (κ3) is 4.35. The number of nitrogens with zero attached hydrogens (tertiary/aromatic N) is 5. The van der Waals surface area contributed by atoms with Crippen LogP contribution in [0, 0.1) is 27.4 Å². The van der Waals surface area contributed by atoms with Crippen LogP contribution in [0.2, 0.25) is 5.02 Å². The number of anilines is 1. The summed E-state index contributed by atoms with van der Waals surface area (Å²) in [5.74, 6) is 0.278. The summed E-state index contributed by atoms with van der Waals surface area (Å²) in [5, 5.41) is 23.3. The lowest BCUT2D eigenvalue weighted by atomic mass is 9.96. The van der Waals surface area contributed by atoms with Gasteiger partial charge >= 0.3 is 0 Å². The summed E-state index contributed by atoms with van der Waals surface area (Å²) >= 11 is 5.87. The van der Waals surface area contributed by atoms with Crippen molar-refractivity contribution in [1.29, 1.82) is 5.26 Å². The molecule has 3 rings (SSSR count). The van der Waals surface area contributed by atoms with Crippen LogP contribution in [0.25, 0.3) is 0 Å². The fraction of sp³-hybridized carbons (Fsp3) is 0.333. The number of carbonyl (C=O) groups excluding carboxylic acids is 1. The number of amides is 1. The zero-order valence-corrected chi connectivity index (χ0v) is 15.6. The first-order chi connectivity index (χ1) is 13.5. The van der Waals surface area contributed by atoms with Crippen molar-refractivity contribution in [2.45, 2.75) is 12.8 Å². The Morgan fingerprint density at radius 3 is 2.75 bits per heavy atom. The highest BCUT2D eigenvalue weighted by Crippen LogP contribution is 2.24. The highest BCUT2D eigenvalue weighted by molar-refractivity contribution is 6.31. The second kappa shape index (κ2) is 8.63. The van der Waals surface area contributed by atoms with Gasteiger partial charge in [-0.25, -0.2) is 9.97 Å². The number of carbonyl (C=O) groups is 1. The van der Waals surface area contributed by atoms with Crippen LogP contribution in [0.4, 0.5) is 11.5 Å². The molecule has 1 amide bonds. The van der Waals surface area contributed by atoms with Gasteiger partial charge in [-0.3, -0.25) is 14.9 Å². The van der Waals surface area contributed by atoms with E-state index in [0.717, 1.165) is 12.8 Å². The number of piperidine rings is 1.